The first kappa shape index (κ1) is 20.7. The van der Waals surface area contributed by atoms with Crippen molar-refractivity contribution < 1.29 is 19.1 Å². The highest BCUT2D eigenvalue weighted by atomic mass is 16.5. The molecule has 6 heteroatoms. The number of esters is 1. The molecular formula is C23H28N2O4. The Morgan fingerprint density at radius 3 is 2.45 bits per heavy atom. The van der Waals surface area contributed by atoms with E-state index in [0.717, 1.165) is 49.0 Å². The fraction of sp³-hybridized carbons (Fsp3) is 0.391. The Labute approximate surface area is 171 Å². The maximum Gasteiger partial charge on any atom is 0.328 e. The molecule has 0 spiro atoms. The number of carbonyl (C=O) groups is 2. The fourth-order valence-electron chi connectivity index (χ4n) is 4.00. The molecule has 29 heavy (non-hydrogen) atoms. The van der Waals surface area contributed by atoms with Crippen molar-refractivity contribution in [2.75, 3.05) is 20.0 Å². The number of amides is 1. The van der Waals surface area contributed by atoms with Gasteiger partial charge in [0.1, 0.15) is 11.8 Å². The Bertz CT molecular complexity index is 875. The van der Waals surface area contributed by atoms with Gasteiger partial charge in [-0.2, -0.15) is 0 Å². The minimum atomic E-state index is -0.652. The third-order valence-corrected chi connectivity index (χ3v) is 5.58. The molecule has 1 fully saturated rings. The van der Waals surface area contributed by atoms with Crippen molar-refractivity contribution in [3.05, 3.63) is 48.0 Å². The van der Waals surface area contributed by atoms with Crippen LogP contribution < -0.4 is 15.8 Å². The predicted molar refractivity (Wildman–Crippen MR) is 113 cm³/mol. The van der Waals surface area contributed by atoms with Crippen molar-refractivity contribution >= 4 is 17.6 Å². The Hall–Kier alpha value is -3.02. The van der Waals surface area contributed by atoms with Gasteiger partial charge >= 0.3 is 5.97 Å². The quantitative estimate of drug-likeness (QED) is 0.573. The Kier molecular flexibility index (Phi) is 6.75. The van der Waals surface area contributed by atoms with Gasteiger partial charge in [-0.3, -0.25) is 4.79 Å². The molecular weight excluding hydrogens is 368 g/mol. The third kappa shape index (κ3) is 4.70. The zero-order chi connectivity index (χ0) is 20.8. The Balaban J connectivity index is 1.82. The molecule has 0 aromatic heterocycles. The monoisotopic (exact) mass is 396 g/mol. The number of hydrogen-bond donors (Lipinski definition) is 2. The summed E-state index contributed by atoms with van der Waals surface area (Å²) in [6.45, 7) is 0. The first-order valence-corrected chi connectivity index (χ1v) is 9.96. The van der Waals surface area contributed by atoms with Crippen molar-refractivity contribution in [1.29, 1.82) is 0 Å². The molecule has 0 radical (unpaired) electrons. The van der Waals surface area contributed by atoms with E-state index in [9.17, 15) is 9.59 Å². The largest absolute Gasteiger partial charge is 0.496 e. The maximum atomic E-state index is 12.9. The number of ether oxygens (including phenoxy) is 2. The number of anilines is 1. The van der Waals surface area contributed by atoms with Crippen LogP contribution >= 0.6 is 0 Å². The van der Waals surface area contributed by atoms with E-state index in [2.05, 4.69) is 5.32 Å². The highest BCUT2D eigenvalue weighted by Crippen LogP contribution is 2.32. The number of nitrogen functional groups attached to an aromatic ring is 1. The first-order chi connectivity index (χ1) is 14.0. The molecule has 0 saturated heterocycles. The van der Waals surface area contributed by atoms with Crippen LogP contribution in [0.5, 0.6) is 5.75 Å². The van der Waals surface area contributed by atoms with Crippen LogP contribution in [0.25, 0.3) is 11.1 Å². The molecule has 154 valence electrons. The Morgan fingerprint density at radius 1 is 1.07 bits per heavy atom. The van der Waals surface area contributed by atoms with E-state index in [1.807, 2.05) is 30.3 Å². The van der Waals surface area contributed by atoms with Gasteiger partial charge in [0.05, 0.1) is 19.8 Å². The van der Waals surface area contributed by atoms with Gasteiger partial charge in [0, 0.05) is 11.3 Å². The summed E-state index contributed by atoms with van der Waals surface area (Å²) in [7, 11) is 2.96. The van der Waals surface area contributed by atoms with E-state index < -0.39 is 12.0 Å². The first-order valence-electron chi connectivity index (χ1n) is 9.96. The predicted octanol–water partition coefficient (Wildman–Crippen LogP) is 3.80. The van der Waals surface area contributed by atoms with E-state index in [4.69, 9.17) is 15.2 Å². The number of carbonyl (C=O) groups excluding carboxylic acids is 2. The number of nitrogens with two attached hydrogens (primary N) is 1. The van der Waals surface area contributed by atoms with Crippen LogP contribution in [0.2, 0.25) is 0 Å². The average Bonchev–Trinajstić information content (AvgIpc) is 2.77. The lowest BCUT2D eigenvalue weighted by Gasteiger charge is -2.29. The molecule has 2 aromatic carbocycles. The normalized spacial score (nSPS) is 15.4. The second-order valence-electron chi connectivity index (χ2n) is 7.37. The van der Waals surface area contributed by atoms with Gasteiger partial charge in [-0.1, -0.05) is 43.5 Å². The van der Waals surface area contributed by atoms with Gasteiger partial charge in [0.15, 0.2) is 0 Å². The fourth-order valence-corrected chi connectivity index (χ4v) is 4.00. The molecule has 1 amide bonds. The van der Waals surface area contributed by atoms with E-state index in [1.165, 1.54) is 7.11 Å². The summed E-state index contributed by atoms with van der Waals surface area (Å²) < 4.78 is 10.3. The minimum Gasteiger partial charge on any atom is -0.496 e. The number of methoxy groups -OCH3 is 2. The van der Waals surface area contributed by atoms with E-state index in [1.54, 1.807) is 19.2 Å². The maximum absolute atomic E-state index is 12.9. The lowest BCUT2D eigenvalue weighted by atomic mass is 9.83. The SMILES string of the molecule is COC(=O)[C@@H](NC(=O)c1ccc(-c2ccccc2OC)cc1N)C1CCCCC1. The summed E-state index contributed by atoms with van der Waals surface area (Å²) in [6.07, 6.45) is 5.09. The molecule has 0 unspecified atom stereocenters. The zero-order valence-electron chi connectivity index (χ0n) is 16.9. The van der Waals surface area contributed by atoms with Crippen LogP contribution in [-0.4, -0.2) is 32.1 Å². The van der Waals surface area contributed by atoms with Crippen LogP contribution in [0.15, 0.2) is 42.5 Å². The zero-order valence-corrected chi connectivity index (χ0v) is 16.9. The lowest BCUT2D eigenvalue weighted by Crippen LogP contribution is -2.47. The van der Waals surface area contributed by atoms with Gasteiger partial charge in [0.2, 0.25) is 0 Å². The number of hydrogen-bond acceptors (Lipinski definition) is 5. The number of nitrogens with one attached hydrogen (secondary N) is 1. The van der Waals surface area contributed by atoms with Crippen molar-refractivity contribution in [2.45, 2.75) is 38.1 Å². The van der Waals surface area contributed by atoms with Crippen molar-refractivity contribution in [2.24, 2.45) is 5.92 Å². The van der Waals surface area contributed by atoms with Crippen molar-refractivity contribution in [3.8, 4) is 16.9 Å². The summed E-state index contributed by atoms with van der Waals surface area (Å²) in [4.78, 5) is 25.2. The van der Waals surface area contributed by atoms with Gasteiger partial charge in [0.25, 0.3) is 5.91 Å². The topological polar surface area (TPSA) is 90.6 Å². The summed E-state index contributed by atoms with van der Waals surface area (Å²) in [5, 5.41) is 2.86. The van der Waals surface area contributed by atoms with Gasteiger partial charge in [-0.25, -0.2) is 4.79 Å². The van der Waals surface area contributed by atoms with Crippen LogP contribution in [0, 0.1) is 5.92 Å². The standard InChI is InChI=1S/C23H28N2O4/c1-28-20-11-7-6-10-17(20)16-12-13-18(19(24)14-16)22(26)25-21(23(27)29-2)15-8-4-3-5-9-15/h6-7,10-15,21H,3-5,8-9,24H2,1-2H3,(H,25,26)/t21-/m0/s1. The molecule has 6 nitrogen and oxygen atoms in total. The molecule has 3 rings (SSSR count). The minimum absolute atomic E-state index is 0.0919. The van der Waals surface area contributed by atoms with Gasteiger partial charge in [-0.05, 0) is 42.5 Å². The second-order valence-corrected chi connectivity index (χ2v) is 7.37. The summed E-state index contributed by atoms with van der Waals surface area (Å²) >= 11 is 0. The number of rotatable bonds is 6. The van der Waals surface area contributed by atoms with E-state index >= 15 is 0 Å². The third-order valence-electron chi connectivity index (χ3n) is 5.58. The Morgan fingerprint density at radius 2 is 1.79 bits per heavy atom. The molecule has 1 saturated carbocycles. The molecule has 1 aliphatic rings. The van der Waals surface area contributed by atoms with Crippen LogP contribution in [0.4, 0.5) is 5.69 Å². The summed E-state index contributed by atoms with van der Waals surface area (Å²) in [5.41, 5.74) is 8.63. The van der Waals surface area contributed by atoms with Crippen LogP contribution in [0.3, 0.4) is 0 Å². The highest BCUT2D eigenvalue weighted by Gasteiger charge is 2.32. The molecule has 0 aliphatic heterocycles. The number of para-hydroxylation sites is 1. The molecule has 1 aliphatic carbocycles. The smallest absolute Gasteiger partial charge is 0.328 e. The molecule has 0 heterocycles. The highest BCUT2D eigenvalue weighted by molar-refractivity contribution is 6.01. The molecule has 3 N–H and O–H groups in total. The van der Waals surface area contributed by atoms with E-state index in [-0.39, 0.29) is 11.8 Å². The molecule has 2 aromatic rings. The molecule has 1 atom stereocenters. The number of benzene rings is 2. The second kappa shape index (κ2) is 9.45. The lowest BCUT2D eigenvalue weighted by molar-refractivity contribution is -0.144. The summed E-state index contributed by atoms with van der Waals surface area (Å²) in [5.74, 6) is 0.0471. The van der Waals surface area contributed by atoms with Crippen LogP contribution in [0.1, 0.15) is 42.5 Å². The van der Waals surface area contributed by atoms with E-state index in [0.29, 0.717) is 11.3 Å². The average molecular weight is 396 g/mol. The van der Waals surface area contributed by atoms with Crippen molar-refractivity contribution in [1.82, 2.24) is 5.32 Å². The van der Waals surface area contributed by atoms with Gasteiger partial charge in [-0.15, -0.1) is 0 Å². The summed E-state index contributed by atoms with van der Waals surface area (Å²) in [6, 6.07) is 12.2. The van der Waals surface area contributed by atoms with Crippen LogP contribution in [-0.2, 0) is 9.53 Å². The van der Waals surface area contributed by atoms with Gasteiger partial charge < -0.3 is 20.5 Å². The molecule has 0 bridgehead atoms. The van der Waals surface area contributed by atoms with Crippen molar-refractivity contribution in [3.63, 3.8) is 0 Å².